The van der Waals surface area contributed by atoms with E-state index in [1.807, 2.05) is 31.7 Å². The van der Waals surface area contributed by atoms with Crippen LogP contribution in [0.25, 0.3) is 10.3 Å². The van der Waals surface area contributed by atoms with Gasteiger partial charge in [0, 0.05) is 25.7 Å². The van der Waals surface area contributed by atoms with E-state index in [1.165, 1.54) is 9.77 Å². The number of likely N-dealkylation sites (tertiary alicyclic amines) is 1. The largest absolute Gasteiger partial charge is 0.365 e. The number of fused-ring (bicyclic) bond motifs is 1. The number of thiol groups is 2. The zero-order valence-electron chi connectivity index (χ0n) is 19.3. The molecular weight excluding hydrogens is 539 g/mol. The Kier molecular flexibility index (Phi) is 12.2. The fourth-order valence-corrected chi connectivity index (χ4v) is 5.65. The SMILES string of the molecule is CNc1nc2ncc(NSc3cccs3)cc2s1.O=CC1CCN(CCc2cn[nH]c2)CC1.SS. The Morgan fingerprint density at radius 3 is 2.80 bits per heavy atom. The number of aromatic nitrogens is 4. The third-order valence-electron chi connectivity index (χ3n) is 5.32. The summed E-state index contributed by atoms with van der Waals surface area (Å²) in [5.41, 5.74) is 3.04. The second-order valence-electron chi connectivity index (χ2n) is 7.62. The monoisotopic (exact) mass is 567 g/mol. The minimum atomic E-state index is 0.301. The first-order chi connectivity index (χ1) is 17.2. The third-order valence-corrected chi connectivity index (χ3v) is 8.21. The van der Waals surface area contributed by atoms with Gasteiger partial charge in [0.05, 0.1) is 27.0 Å². The number of nitrogens with one attached hydrogen (secondary N) is 3. The number of anilines is 2. The molecule has 1 saturated heterocycles. The highest BCUT2D eigenvalue weighted by Crippen LogP contribution is 2.29. The van der Waals surface area contributed by atoms with Crippen molar-refractivity contribution < 1.29 is 4.79 Å². The molecule has 0 unspecified atom stereocenters. The number of piperidine rings is 1. The summed E-state index contributed by atoms with van der Waals surface area (Å²) in [6.07, 6.45) is 9.82. The van der Waals surface area contributed by atoms with Gasteiger partial charge in [-0.05, 0) is 67.4 Å². The van der Waals surface area contributed by atoms with Crippen molar-refractivity contribution in [2.75, 3.05) is 36.7 Å². The lowest BCUT2D eigenvalue weighted by atomic mass is 9.98. The highest BCUT2D eigenvalue weighted by molar-refractivity contribution is 8.59. The Balaban J connectivity index is 0.000000186. The smallest absolute Gasteiger partial charge is 0.185 e. The van der Waals surface area contributed by atoms with E-state index >= 15 is 0 Å². The predicted molar refractivity (Wildman–Crippen MR) is 156 cm³/mol. The Morgan fingerprint density at radius 2 is 2.14 bits per heavy atom. The molecule has 35 heavy (non-hydrogen) atoms. The number of hydrogen-bond donors (Lipinski definition) is 5. The van der Waals surface area contributed by atoms with Crippen LogP contribution in [0, 0.1) is 5.92 Å². The van der Waals surface area contributed by atoms with Crippen LogP contribution in [-0.4, -0.2) is 58.0 Å². The molecule has 0 radical (unpaired) electrons. The van der Waals surface area contributed by atoms with Gasteiger partial charge < -0.3 is 19.7 Å². The van der Waals surface area contributed by atoms with Gasteiger partial charge in [-0.1, -0.05) is 17.4 Å². The normalized spacial score (nSPS) is 13.9. The lowest BCUT2D eigenvalue weighted by Gasteiger charge is -2.29. The molecule has 0 aliphatic carbocycles. The Bertz CT molecular complexity index is 1110. The highest BCUT2D eigenvalue weighted by Gasteiger charge is 2.17. The zero-order chi connectivity index (χ0) is 24.9. The molecule has 0 bridgehead atoms. The first-order valence-electron chi connectivity index (χ1n) is 11.0. The van der Waals surface area contributed by atoms with Crippen LogP contribution in [0.4, 0.5) is 10.8 Å². The molecule has 3 N–H and O–H groups in total. The summed E-state index contributed by atoms with van der Waals surface area (Å²) in [4.78, 5) is 21.7. The summed E-state index contributed by atoms with van der Waals surface area (Å²) in [5.74, 6) is 0.301. The molecule has 4 aromatic heterocycles. The van der Waals surface area contributed by atoms with Crippen LogP contribution in [0.5, 0.6) is 0 Å². The number of pyridine rings is 1. The number of nitrogens with zero attached hydrogens (tertiary/aromatic N) is 4. The van der Waals surface area contributed by atoms with Gasteiger partial charge in [-0.25, -0.2) is 9.97 Å². The van der Waals surface area contributed by atoms with Gasteiger partial charge in [-0.3, -0.25) is 5.10 Å². The van der Waals surface area contributed by atoms with Crippen molar-refractivity contribution in [1.29, 1.82) is 0 Å². The van der Waals surface area contributed by atoms with E-state index in [1.54, 1.807) is 34.6 Å². The van der Waals surface area contributed by atoms with Gasteiger partial charge in [0.2, 0.25) is 0 Å². The molecular formula is C22H29N7OS5. The average Bonchev–Trinajstić information content (AvgIpc) is 3.70. The second-order valence-corrected chi connectivity index (χ2v) is 10.7. The molecule has 1 aliphatic rings. The molecule has 0 aromatic carbocycles. The molecule has 0 amide bonds. The molecule has 0 atom stereocenters. The van der Waals surface area contributed by atoms with Crippen LogP contribution < -0.4 is 10.0 Å². The van der Waals surface area contributed by atoms with Gasteiger partial charge in [-0.2, -0.15) is 5.10 Å². The first-order valence-corrected chi connectivity index (χ1v) is 15.1. The predicted octanol–water partition coefficient (Wildman–Crippen LogP) is 5.54. The average molecular weight is 568 g/mol. The van der Waals surface area contributed by atoms with E-state index < -0.39 is 0 Å². The number of carbonyl (C=O) groups excluding carboxylic acids is 1. The van der Waals surface area contributed by atoms with Crippen LogP contribution >= 0.6 is 57.9 Å². The summed E-state index contributed by atoms with van der Waals surface area (Å²) in [6.45, 7) is 3.19. The number of carbonyl (C=O) groups is 1. The van der Waals surface area contributed by atoms with Crippen molar-refractivity contribution in [3.05, 3.63) is 47.7 Å². The van der Waals surface area contributed by atoms with Gasteiger partial charge in [0.15, 0.2) is 10.8 Å². The minimum absolute atomic E-state index is 0.301. The molecule has 5 rings (SSSR count). The summed E-state index contributed by atoms with van der Waals surface area (Å²) in [5, 5.41) is 12.7. The van der Waals surface area contributed by atoms with Gasteiger partial charge >= 0.3 is 0 Å². The molecule has 1 aliphatic heterocycles. The first kappa shape index (κ1) is 27.8. The van der Waals surface area contributed by atoms with Crippen LogP contribution in [0.1, 0.15) is 18.4 Å². The van der Waals surface area contributed by atoms with Crippen molar-refractivity contribution in [3.8, 4) is 0 Å². The fourth-order valence-electron chi connectivity index (χ4n) is 3.43. The molecule has 8 nitrogen and oxygen atoms in total. The standard InChI is InChI=1S/C11H10N4S3.C11H17N3O.H2S2/c1-12-11-14-10-8(17-11)5-7(6-13-10)15-18-9-3-2-4-16-9;15-9-10-1-4-14(5-2-10)6-3-11-7-12-13-8-11;1-2/h2-6,15H,1H3,(H,12,13,14);7-10H,1-6H2,(H,12,13);1-2H. The van der Waals surface area contributed by atoms with Crippen molar-refractivity contribution in [2.45, 2.75) is 23.5 Å². The number of aromatic amines is 1. The summed E-state index contributed by atoms with van der Waals surface area (Å²) in [7, 11) is 1.86. The third kappa shape index (κ3) is 8.99. The number of H-pyrrole nitrogens is 1. The molecule has 188 valence electrons. The maximum absolute atomic E-state index is 10.6. The number of hydrogen-bond acceptors (Lipinski definition) is 12. The van der Waals surface area contributed by atoms with Crippen LogP contribution in [-0.2, 0) is 11.2 Å². The molecule has 13 heteroatoms. The zero-order valence-corrected chi connectivity index (χ0v) is 23.5. The lowest BCUT2D eigenvalue weighted by molar-refractivity contribution is -0.112. The lowest BCUT2D eigenvalue weighted by Crippen LogP contribution is -2.35. The van der Waals surface area contributed by atoms with Crippen molar-refractivity contribution >= 4 is 85.4 Å². The van der Waals surface area contributed by atoms with Crippen LogP contribution in [0.3, 0.4) is 0 Å². The molecule has 1 fully saturated rings. The number of rotatable bonds is 8. The number of thiophene rings is 1. The summed E-state index contributed by atoms with van der Waals surface area (Å²) < 4.78 is 5.60. The van der Waals surface area contributed by atoms with E-state index in [9.17, 15) is 4.79 Å². The fraction of sp³-hybridized carbons (Fsp3) is 0.364. The van der Waals surface area contributed by atoms with E-state index in [4.69, 9.17) is 0 Å². The molecule has 4 aromatic rings. The van der Waals surface area contributed by atoms with Crippen molar-refractivity contribution in [3.63, 3.8) is 0 Å². The van der Waals surface area contributed by atoms with Gasteiger partial charge in [0.1, 0.15) is 6.29 Å². The van der Waals surface area contributed by atoms with E-state index in [0.29, 0.717) is 5.92 Å². The minimum Gasteiger partial charge on any atom is -0.365 e. The van der Waals surface area contributed by atoms with Crippen molar-refractivity contribution in [2.24, 2.45) is 5.92 Å². The second kappa shape index (κ2) is 15.4. The maximum atomic E-state index is 10.6. The highest BCUT2D eigenvalue weighted by atomic mass is 33.1. The number of aldehydes is 1. The quantitative estimate of drug-likeness (QED) is 0.0820. The van der Waals surface area contributed by atoms with E-state index in [2.05, 4.69) is 75.9 Å². The molecule has 0 spiro atoms. The maximum Gasteiger partial charge on any atom is 0.185 e. The van der Waals surface area contributed by atoms with Crippen molar-refractivity contribution in [1.82, 2.24) is 25.1 Å². The molecule has 5 heterocycles. The Hall–Kier alpha value is -1.77. The van der Waals surface area contributed by atoms with Gasteiger partial charge in [0.25, 0.3) is 0 Å². The van der Waals surface area contributed by atoms with E-state index in [0.717, 1.165) is 66.3 Å². The van der Waals surface area contributed by atoms with E-state index in [-0.39, 0.29) is 0 Å². The Labute approximate surface area is 228 Å². The van der Waals surface area contributed by atoms with Crippen LogP contribution in [0.2, 0.25) is 0 Å². The molecule has 0 saturated carbocycles. The summed E-state index contributed by atoms with van der Waals surface area (Å²) >= 11 is 11.4. The number of thiazole rings is 1. The topological polar surface area (TPSA) is 98.8 Å². The summed E-state index contributed by atoms with van der Waals surface area (Å²) in [6, 6.07) is 6.19. The van der Waals surface area contributed by atoms with Gasteiger partial charge in [-0.15, -0.1) is 34.7 Å². The Morgan fingerprint density at radius 1 is 1.31 bits per heavy atom. The van der Waals surface area contributed by atoms with Crippen LogP contribution in [0.15, 0.2) is 46.4 Å².